The average molecular weight is 293 g/mol. The van der Waals surface area contributed by atoms with E-state index in [0.717, 1.165) is 0 Å². The number of benzene rings is 1. The zero-order chi connectivity index (χ0) is 15.8. The van der Waals surface area contributed by atoms with Gasteiger partial charge in [-0.05, 0) is 24.1 Å². The van der Waals surface area contributed by atoms with Crippen LogP contribution in [-0.4, -0.2) is 32.0 Å². The summed E-state index contributed by atoms with van der Waals surface area (Å²) in [5.41, 5.74) is 6.51. The molecule has 6 nitrogen and oxygen atoms in total. The third-order valence-electron chi connectivity index (χ3n) is 2.81. The molecule has 0 bridgehead atoms. The first-order chi connectivity index (χ1) is 9.93. The van der Waals surface area contributed by atoms with Crippen LogP contribution in [0.5, 0.6) is 5.75 Å². The van der Waals surface area contributed by atoms with E-state index in [2.05, 4.69) is 10.6 Å². The zero-order valence-electron chi connectivity index (χ0n) is 12.7. The maximum absolute atomic E-state index is 12.0. The van der Waals surface area contributed by atoms with Crippen molar-refractivity contribution in [2.24, 2.45) is 5.92 Å². The summed E-state index contributed by atoms with van der Waals surface area (Å²) in [7, 11) is 1.49. The van der Waals surface area contributed by atoms with Crippen LogP contribution in [0.1, 0.15) is 30.6 Å². The van der Waals surface area contributed by atoms with Crippen molar-refractivity contribution in [3.05, 3.63) is 23.8 Å². The van der Waals surface area contributed by atoms with Crippen LogP contribution in [-0.2, 0) is 4.79 Å². The fraction of sp³-hybridized carbons (Fsp3) is 0.467. The van der Waals surface area contributed by atoms with Gasteiger partial charge in [-0.3, -0.25) is 9.59 Å². The minimum Gasteiger partial charge on any atom is -0.496 e. The number of hydrogen-bond acceptors (Lipinski definition) is 4. The third-order valence-corrected chi connectivity index (χ3v) is 2.81. The number of ether oxygens (including phenoxy) is 1. The van der Waals surface area contributed by atoms with E-state index in [1.807, 2.05) is 13.8 Å². The Morgan fingerprint density at radius 2 is 2.00 bits per heavy atom. The van der Waals surface area contributed by atoms with Crippen molar-refractivity contribution < 1.29 is 14.3 Å². The van der Waals surface area contributed by atoms with Crippen molar-refractivity contribution in [2.75, 3.05) is 25.9 Å². The van der Waals surface area contributed by atoms with E-state index < -0.39 is 0 Å². The van der Waals surface area contributed by atoms with Crippen LogP contribution in [0.15, 0.2) is 18.2 Å². The van der Waals surface area contributed by atoms with Crippen LogP contribution in [0.4, 0.5) is 5.69 Å². The predicted octanol–water partition coefficient (Wildman–Crippen LogP) is 1.17. The molecule has 1 aromatic carbocycles. The van der Waals surface area contributed by atoms with Crippen LogP contribution >= 0.6 is 0 Å². The minimum absolute atomic E-state index is 0.0801. The molecule has 0 saturated carbocycles. The van der Waals surface area contributed by atoms with E-state index in [-0.39, 0.29) is 24.8 Å². The van der Waals surface area contributed by atoms with E-state index in [4.69, 9.17) is 10.5 Å². The van der Waals surface area contributed by atoms with Gasteiger partial charge in [0.1, 0.15) is 5.75 Å². The van der Waals surface area contributed by atoms with Gasteiger partial charge >= 0.3 is 0 Å². The predicted molar refractivity (Wildman–Crippen MR) is 82.2 cm³/mol. The summed E-state index contributed by atoms with van der Waals surface area (Å²) in [4.78, 5) is 23.6. The second kappa shape index (κ2) is 8.14. The molecule has 4 N–H and O–H groups in total. The maximum atomic E-state index is 12.0. The van der Waals surface area contributed by atoms with Gasteiger partial charge in [0.15, 0.2) is 0 Å². The highest BCUT2D eigenvalue weighted by molar-refractivity contribution is 5.98. The summed E-state index contributed by atoms with van der Waals surface area (Å²) in [6.45, 7) is 4.94. The Morgan fingerprint density at radius 3 is 2.62 bits per heavy atom. The number of amides is 2. The highest BCUT2D eigenvalue weighted by atomic mass is 16.5. The molecule has 1 aromatic rings. The highest BCUT2D eigenvalue weighted by Gasteiger charge is 2.12. The number of carbonyl (C=O) groups is 2. The average Bonchev–Trinajstić information content (AvgIpc) is 2.44. The lowest BCUT2D eigenvalue weighted by atomic mass is 10.1. The number of hydrogen-bond donors (Lipinski definition) is 3. The Bertz CT molecular complexity index is 501. The topological polar surface area (TPSA) is 93.4 Å². The standard InChI is InChI=1S/C15H23N3O3/c1-10(2)9-18-14(19)6-7-17-15(20)12-8-11(16)4-5-13(12)21-3/h4-5,8,10H,6-7,9,16H2,1-3H3,(H,17,20)(H,18,19). The number of rotatable bonds is 7. The van der Waals surface area contributed by atoms with Crippen LogP contribution in [0.2, 0.25) is 0 Å². The van der Waals surface area contributed by atoms with Crippen LogP contribution < -0.4 is 21.1 Å². The normalized spacial score (nSPS) is 10.3. The van der Waals surface area contributed by atoms with Crippen LogP contribution in [0.3, 0.4) is 0 Å². The highest BCUT2D eigenvalue weighted by Crippen LogP contribution is 2.20. The van der Waals surface area contributed by atoms with Gasteiger partial charge in [0.05, 0.1) is 12.7 Å². The SMILES string of the molecule is COc1ccc(N)cc1C(=O)NCCC(=O)NCC(C)C. The smallest absolute Gasteiger partial charge is 0.255 e. The van der Waals surface area contributed by atoms with Gasteiger partial charge in [-0.2, -0.15) is 0 Å². The van der Waals surface area contributed by atoms with Gasteiger partial charge < -0.3 is 21.1 Å². The van der Waals surface area contributed by atoms with Crippen molar-refractivity contribution in [2.45, 2.75) is 20.3 Å². The molecule has 0 spiro atoms. The van der Waals surface area contributed by atoms with Crippen LogP contribution in [0.25, 0.3) is 0 Å². The maximum Gasteiger partial charge on any atom is 0.255 e. The van der Waals surface area contributed by atoms with Gasteiger partial charge in [-0.25, -0.2) is 0 Å². The second-order valence-corrected chi connectivity index (χ2v) is 5.16. The molecule has 21 heavy (non-hydrogen) atoms. The summed E-state index contributed by atoms with van der Waals surface area (Å²) in [6, 6.07) is 4.85. The summed E-state index contributed by atoms with van der Waals surface area (Å²) in [5, 5.41) is 5.48. The number of methoxy groups -OCH3 is 1. The number of nitrogens with two attached hydrogens (primary N) is 1. The largest absolute Gasteiger partial charge is 0.496 e. The second-order valence-electron chi connectivity index (χ2n) is 5.16. The fourth-order valence-electron chi connectivity index (χ4n) is 1.69. The lowest BCUT2D eigenvalue weighted by molar-refractivity contribution is -0.121. The molecular formula is C15H23N3O3. The van der Waals surface area contributed by atoms with Gasteiger partial charge in [0.25, 0.3) is 5.91 Å². The lowest BCUT2D eigenvalue weighted by Crippen LogP contribution is -2.32. The first-order valence-corrected chi connectivity index (χ1v) is 6.92. The molecule has 0 aliphatic rings. The molecule has 0 aliphatic heterocycles. The molecule has 0 fully saturated rings. The van der Waals surface area contributed by atoms with Gasteiger partial charge in [-0.15, -0.1) is 0 Å². The Morgan fingerprint density at radius 1 is 1.29 bits per heavy atom. The molecular weight excluding hydrogens is 270 g/mol. The zero-order valence-corrected chi connectivity index (χ0v) is 12.7. The minimum atomic E-state index is -0.309. The van der Waals surface area contributed by atoms with Crippen LogP contribution in [0, 0.1) is 5.92 Å². The summed E-state index contributed by atoms with van der Waals surface area (Å²) < 4.78 is 5.12. The molecule has 0 radical (unpaired) electrons. The summed E-state index contributed by atoms with van der Waals surface area (Å²) >= 11 is 0. The van der Waals surface area contributed by atoms with Crippen molar-refractivity contribution >= 4 is 17.5 Å². The van der Waals surface area contributed by atoms with Gasteiger partial charge in [0, 0.05) is 25.2 Å². The van der Waals surface area contributed by atoms with E-state index >= 15 is 0 Å². The first kappa shape index (κ1) is 16.8. The van der Waals surface area contributed by atoms with Gasteiger partial charge in [0.2, 0.25) is 5.91 Å². The molecule has 2 amide bonds. The molecule has 0 aromatic heterocycles. The molecule has 0 heterocycles. The molecule has 0 atom stereocenters. The molecule has 0 saturated heterocycles. The van der Waals surface area contributed by atoms with Crippen molar-refractivity contribution in [1.82, 2.24) is 10.6 Å². The van der Waals surface area contributed by atoms with E-state index in [1.54, 1.807) is 18.2 Å². The molecule has 116 valence electrons. The van der Waals surface area contributed by atoms with Gasteiger partial charge in [-0.1, -0.05) is 13.8 Å². The quantitative estimate of drug-likeness (QED) is 0.658. The third kappa shape index (κ3) is 5.72. The van der Waals surface area contributed by atoms with E-state index in [1.165, 1.54) is 7.11 Å². The van der Waals surface area contributed by atoms with Crippen molar-refractivity contribution in [1.29, 1.82) is 0 Å². The Balaban J connectivity index is 2.47. The number of carbonyl (C=O) groups excluding carboxylic acids is 2. The lowest BCUT2D eigenvalue weighted by Gasteiger charge is -2.11. The monoisotopic (exact) mass is 293 g/mol. The van der Waals surface area contributed by atoms with E-state index in [9.17, 15) is 9.59 Å². The van der Waals surface area contributed by atoms with Crippen molar-refractivity contribution in [3.8, 4) is 5.75 Å². The number of nitrogens with one attached hydrogen (secondary N) is 2. The Hall–Kier alpha value is -2.24. The molecule has 1 rings (SSSR count). The molecule has 0 aliphatic carbocycles. The van der Waals surface area contributed by atoms with Crippen molar-refractivity contribution in [3.63, 3.8) is 0 Å². The van der Waals surface area contributed by atoms with E-state index in [0.29, 0.717) is 29.5 Å². The number of nitrogen functional groups attached to an aromatic ring is 1. The summed E-state index contributed by atoms with van der Waals surface area (Å²) in [5.74, 6) is 0.463. The fourth-order valence-corrected chi connectivity index (χ4v) is 1.69. The Labute approximate surface area is 125 Å². The summed E-state index contributed by atoms with van der Waals surface area (Å²) in [6.07, 6.45) is 0.239. The molecule has 0 unspecified atom stereocenters. The molecule has 6 heteroatoms. The number of anilines is 1. The Kier molecular flexibility index (Phi) is 6.52. The first-order valence-electron chi connectivity index (χ1n) is 6.92.